The minimum Gasteiger partial charge on any atom is -0.367 e. The molecule has 9 heteroatoms. The summed E-state index contributed by atoms with van der Waals surface area (Å²) in [7, 11) is 0. The Bertz CT molecular complexity index is 877. The number of aliphatic imine (C=N–C) groups is 1. The Morgan fingerprint density at radius 3 is 2.66 bits per heavy atom. The number of hydrogen-bond acceptors (Lipinski definition) is 4. The van der Waals surface area contributed by atoms with Crippen LogP contribution >= 0.6 is 35.6 Å². The van der Waals surface area contributed by atoms with Gasteiger partial charge in [-0.15, -0.1) is 34.2 Å². The number of fused-ring (bicyclic) bond motifs is 1. The summed E-state index contributed by atoms with van der Waals surface area (Å²) in [5.41, 5.74) is 1.12. The Balaban J connectivity index is 0.00000289. The largest absolute Gasteiger partial charge is 0.367 e. The fraction of sp³-hybridized carbons (Fsp3) is 0.609. The van der Waals surface area contributed by atoms with Gasteiger partial charge in [-0.2, -0.15) is 0 Å². The van der Waals surface area contributed by atoms with Gasteiger partial charge in [0, 0.05) is 58.7 Å². The van der Waals surface area contributed by atoms with Gasteiger partial charge >= 0.3 is 0 Å². The van der Waals surface area contributed by atoms with Crippen molar-refractivity contribution in [1.29, 1.82) is 0 Å². The highest BCUT2D eigenvalue weighted by molar-refractivity contribution is 14.0. The van der Waals surface area contributed by atoms with Crippen LogP contribution in [0.25, 0.3) is 0 Å². The molecule has 0 atom stereocenters. The lowest BCUT2D eigenvalue weighted by atomic mass is 10.2. The molecule has 0 amide bonds. The molecule has 176 valence electrons. The van der Waals surface area contributed by atoms with E-state index in [1.54, 1.807) is 0 Å². The van der Waals surface area contributed by atoms with Gasteiger partial charge in [-0.3, -0.25) is 4.99 Å². The molecule has 7 nitrogen and oxygen atoms in total. The molecule has 0 saturated carbocycles. The van der Waals surface area contributed by atoms with E-state index >= 15 is 0 Å². The predicted molar refractivity (Wildman–Crippen MR) is 143 cm³/mol. The first-order chi connectivity index (χ1) is 15.3. The maximum atomic E-state index is 6.38. The van der Waals surface area contributed by atoms with Crippen LogP contribution < -0.4 is 10.2 Å². The first kappa shape index (κ1) is 25.1. The number of guanidine groups is 1. The van der Waals surface area contributed by atoms with Gasteiger partial charge in [0.15, 0.2) is 5.96 Å². The number of aryl methyl sites for hydroxylation is 2. The number of nitrogens with one attached hydrogen (secondary N) is 1. The van der Waals surface area contributed by atoms with E-state index in [4.69, 9.17) is 16.6 Å². The lowest BCUT2D eigenvalue weighted by molar-refractivity contribution is 0.372. The summed E-state index contributed by atoms with van der Waals surface area (Å²) < 4.78 is 2.34. The molecule has 0 bridgehead atoms. The number of anilines is 1. The first-order valence-electron chi connectivity index (χ1n) is 11.7. The van der Waals surface area contributed by atoms with E-state index in [2.05, 4.69) is 42.9 Å². The van der Waals surface area contributed by atoms with Crippen LogP contribution in [0, 0.1) is 0 Å². The van der Waals surface area contributed by atoms with E-state index < -0.39 is 0 Å². The minimum atomic E-state index is 0. The second-order valence-corrected chi connectivity index (χ2v) is 8.67. The second kappa shape index (κ2) is 12.6. The number of rotatable bonds is 6. The highest BCUT2D eigenvalue weighted by Crippen LogP contribution is 2.26. The van der Waals surface area contributed by atoms with Crippen LogP contribution in [0.5, 0.6) is 0 Å². The molecule has 0 unspecified atom stereocenters. The van der Waals surface area contributed by atoms with Gasteiger partial charge < -0.3 is 19.7 Å². The molecule has 3 heterocycles. The zero-order valence-electron chi connectivity index (χ0n) is 19.0. The third-order valence-corrected chi connectivity index (χ3v) is 6.43. The highest BCUT2D eigenvalue weighted by Gasteiger charge is 2.21. The van der Waals surface area contributed by atoms with E-state index in [1.165, 1.54) is 25.1 Å². The van der Waals surface area contributed by atoms with E-state index in [1.807, 2.05) is 18.2 Å². The summed E-state index contributed by atoms with van der Waals surface area (Å²) in [6.07, 6.45) is 6.76. The van der Waals surface area contributed by atoms with Gasteiger partial charge in [0.25, 0.3) is 0 Å². The van der Waals surface area contributed by atoms with Crippen molar-refractivity contribution >= 4 is 47.2 Å². The highest BCUT2D eigenvalue weighted by atomic mass is 127. The van der Waals surface area contributed by atoms with Gasteiger partial charge in [-0.05, 0) is 38.3 Å². The number of halogens is 2. The van der Waals surface area contributed by atoms with E-state index in [0.29, 0.717) is 0 Å². The number of hydrogen-bond donors (Lipinski definition) is 1. The molecule has 1 aromatic carbocycles. The van der Waals surface area contributed by atoms with Crippen LogP contribution in [-0.4, -0.2) is 64.9 Å². The zero-order valence-corrected chi connectivity index (χ0v) is 22.1. The summed E-state index contributed by atoms with van der Waals surface area (Å²) in [5, 5.41) is 13.2. The summed E-state index contributed by atoms with van der Waals surface area (Å²) in [4.78, 5) is 9.63. The first-order valence-corrected chi connectivity index (χ1v) is 12.1. The SMILES string of the molecule is CCNC(=NCCCc1nnc2n1CCCCC2)N1CCN(c2ccccc2Cl)CC1.I. The molecule has 2 aromatic rings. The molecular weight excluding hydrogens is 537 g/mol. The lowest BCUT2D eigenvalue weighted by Gasteiger charge is -2.38. The van der Waals surface area contributed by atoms with Crippen molar-refractivity contribution in [1.82, 2.24) is 25.0 Å². The van der Waals surface area contributed by atoms with Crippen molar-refractivity contribution in [3.05, 3.63) is 40.9 Å². The third-order valence-electron chi connectivity index (χ3n) is 6.11. The lowest BCUT2D eigenvalue weighted by Crippen LogP contribution is -2.52. The fourth-order valence-corrected chi connectivity index (χ4v) is 4.70. The standard InChI is InChI=1S/C23H34ClN7.HI/c1-2-25-23(30-17-15-29(16-18-30)20-10-6-5-9-19(20)24)26-13-8-12-22-28-27-21-11-4-3-7-14-31(21)22;/h5-6,9-10H,2-4,7-8,11-18H2,1H3,(H,25,26);1H. The Hall–Kier alpha value is -1.55. The number of para-hydroxylation sites is 1. The van der Waals surface area contributed by atoms with Crippen molar-refractivity contribution in [3.8, 4) is 0 Å². The third kappa shape index (κ3) is 6.27. The molecule has 1 N–H and O–H groups in total. The Morgan fingerprint density at radius 2 is 1.88 bits per heavy atom. The average molecular weight is 572 g/mol. The molecule has 1 aromatic heterocycles. The fourth-order valence-electron chi connectivity index (χ4n) is 4.45. The van der Waals surface area contributed by atoms with Crippen LogP contribution in [0.2, 0.25) is 5.02 Å². The van der Waals surface area contributed by atoms with Gasteiger partial charge in [-0.25, -0.2) is 0 Å². The summed E-state index contributed by atoms with van der Waals surface area (Å²) in [6.45, 7) is 8.64. The summed E-state index contributed by atoms with van der Waals surface area (Å²) >= 11 is 6.38. The van der Waals surface area contributed by atoms with E-state index in [-0.39, 0.29) is 24.0 Å². The van der Waals surface area contributed by atoms with E-state index in [9.17, 15) is 0 Å². The second-order valence-electron chi connectivity index (χ2n) is 8.26. The quantitative estimate of drug-likeness (QED) is 0.246. The average Bonchev–Trinajstić information content (AvgIpc) is 3.02. The van der Waals surface area contributed by atoms with E-state index in [0.717, 1.165) is 87.6 Å². The van der Waals surface area contributed by atoms with Gasteiger partial charge in [0.1, 0.15) is 11.6 Å². The van der Waals surface area contributed by atoms with Crippen LogP contribution in [0.15, 0.2) is 29.3 Å². The van der Waals surface area contributed by atoms with Crippen LogP contribution in [0.4, 0.5) is 5.69 Å². The Labute approximate surface area is 213 Å². The zero-order chi connectivity index (χ0) is 21.5. The van der Waals surface area contributed by atoms with Crippen molar-refractivity contribution in [2.75, 3.05) is 44.2 Å². The molecule has 2 aliphatic heterocycles. The molecule has 4 rings (SSSR count). The van der Waals surface area contributed by atoms with Crippen molar-refractivity contribution < 1.29 is 0 Å². The van der Waals surface area contributed by atoms with Crippen LogP contribution in [0.3, 0.4) is 0 Å². The topological polar surface area (TPSA) is 61.6 Å². The predicted octanol–water partition coefficient (Wildman–Crippen LogP) is 4.00. The summed E-state index contributed by atoms with van der Waals surface area (Å²) in [5.74, 6) is 3.31. The molecule has 0 aliphatic carbocycles. The molecule has 0 radical (unpaired) electrons. The van der Waals surface area contributed by atoms with Crippen molar-refractivity contribution in [2.24, 2.45) is 4.99 Å². The van der Waals surface area contributed by atoms with Crippen LogP contribution in [-0.2, 0) is 19.4 Å². The summed E-state index contributed by atoms with van der Waals surface area (Å²) in [6, 6.07) is 8.09. The van der Waals surface area contributed by atoms with Gasteiger partial charge in [0.05, 0.1) is 10.7 Å². The number of aromatic nitrogens is 3. The number of nitrogens with zero attached hydrogens (tertiary/aromatic N) is 6. The Morgan fingerprint density at radius 1 is 1.06 bits per heavy atom. The van der Waals surface area contributed by atoms with Crippen LogP contribution in [0.1, 0.15) is 44.3 Å². The van der Waals surface area contributed by atoms with Gasteiger partial charge in [-0.1, -0.05) is 30.2 Å². The maximum absolute atomic E-state index is 6.38. The smallest absolute Gasteiger partial charge is 0.194 e. The molecule has 2 aliphatic rings. The Kier molecular flexibility index (Phi) is 9.90. The maximum Gasteiger partial charge on any atom is 0.194 e. The van der Waals surface area contributed by atoms with Crippen molar-refractivity contribution in [3.63, 3.8) is 0 Å². The molecule has 0 spiro atoms. The number of benzene rings is 1. The normalized spacial score (nSPS) is 16.9. The minimum absolute atomic E-state index is 0. The molecule has 32 heavy (non-hydrogen) atoms. The molecular formula is C23H35ClIN7. The number of piperazine rings is 1. The molecule has 1 saturated heterocycles. The molecule has 1 fully saturated rings. The van der Waals surface area contributed by atoms with Crippen molar-refractivity contribution in [2.45, 2.75) is 52.0 Å². The van der Waals surface area contributed by atoms with Gasteiger partial charge in [0.2, 0.25) is 0 Å². The monoisotopic (exact) mass is 571 g/mol.